The highest BCUT2D eigenvalue weighted by Gasteiger charge is 2.54. The molecule has 0 radical (unpaired) electrons. The average molecular weight is 689 g/mol. The maximum absolute atomic E-state index is 14.5. The Kier molecular flexibility index (Phi) is 13.0. The lowest BCUT2D eigenvalue weighted by Gasteiger charge is -2.32. The standard InChI is InChI=1S/C36H44N6O8/c1-35(2,3)50-31(44)17-18-36(34(45)41-38-22-24-11-16-29(46-4)30(21-24)47-5)32(28-10-7-6-9-26(28)23-39-42-37)49-33(40-36)25-12-14-27(15-13-25)48-20-8-19-43/h6-7,9-16,21,32,38,43H,8,17-20,22-23H2,1-5H3,(H,41,45)/t32-,36-/m0/s1. The van der Waals surface area contributed by atoms with E-state index in [9.17, 15) is 9.59 Å². The number of rotatable bonds is 17. The highest BCUT2D eigenvalue weighted by Crippen LogP contribution is 2.44. The van der Waals surface area contributed by atoms with Crippen molar-refractivity contribution >= 4 is 17.8 Å². The summed E-state index contributed by atoms with van der Waals surface area (Å²) in [6.07, 6.45) is -0.747. The van der Waals surface area contributed by atoms with Gasteiger partial charge in [0.2, 0.25) is 5.90 Å². The van der Waals surface area contributed by atoms with Gasteiger partial charge in [0, 0.05) is 36.5 Å². The molecule has 0 spiro atoms. The summed E-state index contributed by atoms with van der Waals surface area (Å²) < 4.78 is 28.6. The molecule has 4 rings (SSSR count). The van der Waals surface area contributed by atoms with Gasteiger partial charge in [-0.15, -0.1) is 0 Å². The minimum Gasteiger partial charge on any atom is -0.494 e. The van der Waals surface area contributed by atoms with Gasteiger partial charge in [0.1, 0.15) is 11.4 Å². The topological polar surface area (TPSA) is 186 Å². The summed E-state index contributed by atoms with van der Waals surface area (Å²) in [5.41, 5.74) is 15.0. The van der Waals surface area contributed by atoms with Crippen LogP contribution in [0.1, 0.15) is 68.4 Å². The van der Waals surface area contributed by atoms with Crippen LogP contribution in [0, 0.1) is 0 Å². The van der Waals surface area contributed by atoms with Crippen molar-refractivity contribution in [1.29, 1.82) is 0 Å². The average Bonchev–Trinajstić information content (AvgIpc) is 3.50. The first-order valence-electron chi connectivity index (χ1n) is 16.2. The zero-order valence-electron chi connectivity index (χ0n) is 29.0. The van der Waals surface area contributed by atoms with Crippen LogP contribution >= 0.6 is 0 Å². The summed E-state index contributed by atoms with van der Waals surface area (Å²) in [5.74, 6) is 0.812. The first-order valence-corrected chi connectivity index (χ1v) is 16.2. The molecule has 3 aromatic carbocycles. The van der Waals surface area contributed by atoms with Crippen LogP contribution < -0.4 is 25.1 Å². The van der Waals surface area contributed by atoms with Gasteiger partial charge in [-0.3, -0.25) is 15.0 Å². The molecule has 0 saturated heterocycles. The Morgan fingerprint density at radius 1 is 1.06 bits per heavy atom. The van der Waals surface area contributed by atoms with Crippen LogP contribution in [0.3, 0.4) is 0 Å². The number of esters is 1. The molecule has 1 heterocycles. The fourth-order valence-corrected chi connectivity index (χ4v) is 5.40. The fraction of sp³-hybridized carbons (Fsp3) is 0.417. The van der Waals surface area contributed by atoms with Gasteiger partial charge in [0.15, 0.2) is 23.1 Å². The molecule has 3 N–H and O–H groups in total. The van der Waals surface area contributed by atoms with E-state index in [1.807, 2.05) is 6.07 Å². The maximum Gasteiger partial charge on any atom is 0.306 e. The molecule has 1 aliphatic rings. The number of azide groups is 1. The van der Waals surface area contributed by atoms with Gasteiger partial charge in [-0.1, -0.05) is 35.4 Å². The highest BCUT2D eigenvalue weighted by atomic mass is 16.6. The van der Waals surface area contributed by atoms with Crippen molar-refractivity contribution in [3.63, 3.8) is 0 Å². The summed E-state index contributed by atoms with van der Waals surface area (Å²) in [6.45, 7) is 5.90. The number of hydrogen-bond acceptors (Lipinski definition) is 11. The summed E-state index contributed by atoms with van der Waals surface area (Å²) in [6, 6.07) is 19.6. The summed E-state index contributed by atoms with van der Waals surface area (Å²) in [7, 11) is 3.09. The molecular formula is C36H44N6O8. The van der Waals surface area contributed by atoms with E-state index in [2.05, 4.69) is 20.9 Å². The molecule has 2 atom stereocenters. The molecule has 0 unspecified atom stereocenters. The van der Waals surface area contributed by atoms with Gasteiger partial charge in [-0.2, -0.15) is 0 Å². The molecule has 14 nitrogen and oxygen atoms in total. The van der Waals surface area contributed by atoms with E-state index < -0.39 is 29.1 Å². The second kappa shape index (κ2) is 17.4. The molecule has 1 aliphatic heterocycles. The van der Waals surface area contributed by atoms with Gasteiger partial charge < -0.3 is 28.8 Å². The third-order valence-corrected chi connectivity index (χ3v) is 7.74. The number of carbonyl (C=O) groups is 2. The normalized spacial score (nSPS) is 16.8. The Bertz CT molecular complexity index is 1700. The van der Waals surface area contributed by atoms with E-state index >= 15 is 0 Å². The van der Waals surface area contributed by atoms with Gasteiger partial charge in [-0.05, 0) is 85.8 Å². The molecule has 1 amide bonds. The summed E-state index contributed by atoms with van der Waals surface area (Å²) >= 11 is 0. The number of benzene rings is 3. The number of aliphatic hydroxyl groups is 1. The number of aliphatic hydroxyl groups excluding tert-OH is 1. The summed E-state index contributed by atoms with van der Waals surface area (Å²) in [4.78, 5) is 35.4. The Morgan fingerprint density at radius 3 is 2.48 bits per heavy atom. The van der Waals surface area contributed by atoms with Crippen molar-refractivity contribution in [3.8, 4) is 17.2 Å². The molecule has 0 bridgehead atoms. The lowest BCUT2D eigenvalue weighted by Crippen LogP contribution is -2.53. The summed E-state index contributed by atoms with van der Waals surface area (Å²) in [5, 5.41) is 12.8. The molecule has 0 fully saturated rings. The van der Waals surface area contributed by atoms with Gasteiger partial charge in [0.05, 0.1) is 27.4 Å². The van der Waals surface area contributed by atoms with Gasteiger partial charge in [-0.25, -0.2) is 10.4 Å². The van der Waals surface area contributed by atoms with Crippen molar-refractivity contribution in [2.75, 3.05) is 27.4 Å². The Balaban J connectivity index is 1.74. The Morgan fingerprint density at radius 2 is 1.80 bits per heavy atom. The molecule has 266 valence electrons. The van der Waals surface area contributed by atoms with Crippen LogP contribution in [0.15, 0.2) is 76.8 Å². The number of methoxy groups -OCH3 is 2. The predicted molar refractivity (Wildman–Crippen MR) is 186 cm³/mol. The van der Waals surface area contributed by atoms with Crippen molar-refractivity contribution in [3.05, 3.63) is 99.4 Å². The number of hydrogen-bond donors (Lipinski definition) is 3. The van der Waals surface area contributed by atoms with E-state index in [0.29, 0.717) is 47.0 Å². The number of ether oxygens (including phenoxy) is 5. The number of hydrazine groups is 1. The molecule has 0 saturated carbocycles. The quantitative estimate of drug-likeness (QED) is 0.0413. The van der Waals surface area contributed by atoms with Gasteiger partial charge in [0.25, 0.3) is 5.91 Å². The lowest BCUT2D eigenvalue weighted by molar-refractivity contribution is -0.155. The van der Waals surface area contributed by atoms with E-state index in [1.54, 1.807) is 95.7 Å². The van der Waals surface area contributed by atoms with Gasteiger partial charge >= 0.3 is 5.97 Å². The Hall–Kier alpha value is -5.30. The minimum absolute atomic E-state index is 0.00304. The van der Waals surface area contributed by atoms with Crippen molar-refractivity contribution in [2.24, 2.45) is 10.1 Å². The third kappa shape index (κ3) is 9.65. The number of carbonyl (C=O) groups excluding carboxylic acids is 2. The fourth-order valence-electron chi connectivity index (χ4n) is 5.40. The van der Waals surface area contributed by atoms with Crippen LogP contribution in [0.4, 0.5) is 0 Å². The second-order valence-electron chi connectivity index (χ2n) is 12.5. The van der Waals surface area contributed by atoms with E-state index in [0.717, 1.165) is 5.56 Å². The first kappa shape index (κ1) is 37.5. The molecular weight excluding hydrogens is 644 g/mol. The third-order valence-electron chi connectivity index (χ3n) is 7.74. The van der Waals surface area contributed by atoms with Crippen LogP contribution in [0.2, 0.25) is 0 Å². The SMILES string of the molecule is COc1ccc(CNNC(=O)[C@@]2(CCC(=O)OC(C)(C)C)N=C(c3ccc(OCCCO)cc3)O[C@H]2c2ccccc2CN=[N+]=[N-])cc1OC. The number of amides is 1. The molecule has 14 heteroatoms. The Labute approximate surface area is 291 Å². The monoisotopic (exact) mass is 688 g/mol. The van der Waals surface area contributed by atoms with Crippen LogP contribution in [-0.2, 0) is 32.2 Å². The van der Waals surface area contributed by atoms with Crippen molar-refractivity contribution in [1.82, 2.24) is 10.9 Å². The number of nitrogens with zero attached hydrogens (tertiary/aromatic N) is 4. The largest absolute Gasteiger partial charge is 0.494 e. The number of nitrogens with one attached hydrogen (secondary N) is 2. The first-order chi connectivity index (χ1) is 24.0. The molecule has 3 aromatic rings. The molecule has 0 aromatic heterocycles. The lowest BCUT2D eigenvalue weighted by atomic mass is 9.82. The van der Waals surface area contributed by atoms with Crippen LogP contribution in [0.25, 0.3) is 10.4 Å². The second-order valence-corrected chi connectivity index (χ2v) is 12.5. The molecule has 0 aliphatic carbocycles. The van der Waals surface area contributed by atoms with Crippen molar-refractivity contribution in [2.45, 2.75) is 70.4 Å². The van der Waals surface area contributed by atoms with Crippen molar-refractivity contribution < 1.29 is 38.4 Å². The van der Waals surface area contributed by atoms with E-state index in [1.165, 1.54) is 0 Å². The van der Waals surface area contributed by atoms with E-state index in [-0.39, 0.29) is 38.4 Å². The predicted octanol–water partition coefficient (Wildman–Crippen LogP) is 5.48. The smallest absolute Gasteiger partial charge is 0.306 e. The zero-order chi connectivity index (χ0) is 36.1. The van der Waals surface area contributed by atoms with Crippen LogP contribution in [0.5, 0.6) is 17.2 Å². The van der Waals surface area contributed by atoms with Crippen LogP contribution in [-0.4, -0.2) is 61.5 Å². The highest BCUT2D eigenvalue weighted by molar-refractivity contribution is 6.01. The zero-order valence-corrected chi connectivity index (χ0v) is 29.0. The molecule has 50 heavy (non-hydrogen) atoms. The maximum atomic E-state index is 14.5. The van der Waals surface area contributed by atoms with E-state index in [4.69, 9.17) is 39.3 Å². The number of aliphatic imine (C=N–C) groups is 1. The minimum atomic E-state index is -1.67.